The van der Waals surface area contributed by atoms with Crippen LogP contribution in [0, 0.1) is 0 Å². The van der Waals surface area contributed by atoms with Crippen LogP contribution in [-0.4, -0.2) is 63.2 Å². The van der Waals surface area contributed by atoms with Gasteiger partial charge in [0.25, 0.3) is 0 Å². The van der Waals surface area contributed by atoms with Crippen molar-refractivity contribution in [1.82, 2.24) is 10.2 Å². The van der Waals surface area contributed by atoms with Gasteiger partial charge in [-0.2, -0.15) is 0 Å². The van der Waals surface area contributed by atoms with Crippen LogP contribution < -0.4 is 19.7 Å². The molecule has 1 aliphatic rings. The first kappa shape index (κ1) is 25.4. The van der Waals surface area contributed by atoms with Crippen molar-refractivity contribution in [3.05, 3.63) is 59.1 Å². The van der Waals surface area contributed by atoms with E-state index in [4.69, 9.17) is 21.1 Å². The Morgan fingerprint density at radius 2 is 1.85 bits per heavy atom. The molecule has 2 amide bonds. The number of para-hydroxylation sites is 1. The first-order chi connectivity index (χ1) is 16.5. The zero-order valence-corrected chi connectivity index (χ0v) is 20.5. The SMILES string of the molecule is CCCOc1c(Cl)cc(/C=C/C(=O)NCCC(=O)N2CCN(c3ccccc3)CC2)cc1OC. The summed E-state index contributed by atoms with van der Waals surface area (Å²) in [4.78, 5) is 28.9. The number of carbonyl (C=O) groups excluding carboxylic acids is 2. The number of benzene rings is 2. The standard InChI is InChI=1S/C26H32ClN3O4/c1-3-17-34-26-22(27)18-20(19-23(26)33-2)9-10-24(31)28-12-11-25(32)30-15-13-29(14-16-30)21-7-5-4-6-8-21/h4-10,18-19H,3,11-17H2,1-2H3,(H,28,31)/b10-9+. The fourth-order valence-corrected chi connectivity index (χ4v) is 3.99. The highest BCUT2D eigenvalue weighted by Gasteiger charge is 2.21. The highest BCUT2D eigenvalue weighted by Crippen LogP contribution is 2.36. The third-order valence-corrected chi connectivity index (χ3v) is 5.80. The highest BCUT2D eigenvalue weighted by molar-refractivity contribution is 6.32. The van der Waals surface area contributed by atoms with Crippen molar-refractivity contribution in [2.75, 3.05) is 51.3 Å². The summed E-state index contributed by atoms with van der Waals surface area (Å²) in [6.07, 6.45) is 4.19. The van der Waals surface area contributed by atoms with Crippen molar-refractivity contribution >= 4 is 35.2 Å². The molecule has 2 aromatic rings. The average molecular weight is 486 g/mol. The fraction of sp³-hybridized carbons (Fsp3) is 0.385. The second kappa shape index (κ2) is 12.9. The third kappa shape index (κ3) is 7.15. The van der Waals surface area contributed by atoms with E-state index in [1.807, 2.05) is 30.0 Å². The van der Waals surface area contributed by atoms with Crippen LogP contribution in [-0.2, 0) is 9.59 Å². The number of carbonyl (C=O) groups is 2. The van der Waals surface area contributed by atoms with E-state index in [0.29, 0.717) is 41.8 Å². The molecule has 8 heteroatoms. The van der Waals surface area contributed by atoms with E-state index in [9.17, 15) is 9.59 Å². The fourth-order valence-electron chi connectivity index (χ4n) is 3.71. The summed E-state index contributed by atoms with van der Waals surface area (Å²) in [5, 5.41) is 3.19. The summed E-state index contributed by atoms with van der Waals surface area (Å²) < 4.78 is 11.0. The monoisotopic (exact) mass is 485 g/mol. The van der Waals surface area contributed by atoms with Gasteiger partial charge in [0.15, 0.2) is 11.5 Å². The van der Waals surface area contributed by atoms with Crippen molar-refractivity contribution in [3.63, 3.8) is 0 Å². The van der Waals surface area contributed by atoms with E-state index in [2.05, 4.69) is 22.3 Å². The van der Waals surface area contributed by atoms with Gasteiger partial charge in [-0.1, -0.05) is 36.7 Å². The normalized spacial score (nSPS) is 13.7. The number of halogens is 1. The minimum absolute atomic E-state index is 0.0520. The summed E-state index contributed by atoms with van der Waals surface area (Å²) in [6, 6.07) is 13.7. The molecule has 3 rings (SSSR count). The third-order valence-electron chi connectivity index (χ3n) is 5.52. The topological polar surface area (TPSA) is 71.1 Å². The number of hydrogen-bond donors (Lipinski definition) is 1. The Morgan fingerprint density at radius 3 is 2.53 bits per heavy atom. The molecule has 1 fully saturated rings. The molecule has 0 aliphatic carbocycles. The summed E-state index contributed by atoms with van der Waals surface area (Å²) in [7, 11) is 1.54. The van der Waals surface area contributed by atoms with Gasteiger partial charge in [-0.05, 0) is 42.3 Å². The Labute approximate surface area is 206 Å². The Balaban J connectivity index is 1.43. The molecule has 0 bridgehead atoms. The molecular formula is C26H32ClN3O4. The predicted molar refractivity (Wildman–Crippen MR) is 136 cm³/mol. The second-order valence-corrected chi connectivity index (χ2v) is 8.37. The Morgan fingerprint density at radius 1 is 1.12 bits per heavy atom. The van der Waals surface area contributed by atoms with Gasteiger partial charge in [-0.25, -0.2) is 0 Å². The molecular weight excluding hydrogens is 454 g/mol. The van der Waals surface area contributed by atoms with Crippen LogP contribution in [0.25, 0.3) is 6.08 Å². The Hall–Kier alpha value is -3.19. The van der Waals surface area contributed by atoms with E-state index in [-0.39, 0.29) is 24.8 Å². The Kier molecular flexibility index (Phi) is 9.64. The maximum absolute atomic E-state index is 12.5. The molecule has 0 unspecified atom stereocenters. The minimum Gasteiger partial charge on any atom is -0.493 e. The predicted octanol–water partition coefficient (Wildman–Crippen LogP) is 4.01. The second-order valence-electron chi connectivity index (χ2n) is 7.96. The van der Waals surface area contributed by atoms with E-state index >= 15 is 0 Å². The van der Waals surface area contributed by atoms with Crippen LogP contribution in [0.2, 0.25) is 5.02 Å². The van der Waals surface area contributed by atoms with Crippen molar-refractivity contribution < 1.29 is 19.1 Å². The van der Waals surface area contributed by atoms with Gasteiger partial charge >= 0.3 is 0 Å². The molecule has 1 heterocycles. The van der Waals surface area contributed by atoms with E-state index in [1.165, 1.54) is 11.8 Å². The summed E-state index contributed by atoms with van der Waals surface area (Å²) in [6.45, 7) is 5.81. The van der Waals surface area contributed by atoms with Gasteiger partial charge < -0.3 is 24.6 Å². The molecule has 7 nitrogen and oxygen atoms in total. The zero-order chi connectivity index (χ0) is 24.3. The summed E-state index contributed by atoms with van der Waals surface area (Å²) in [5.74, 6) is 0.786. The number of rotatable bonds is 10. The summed E-state index contributed by atoms with van der Waals surface area (Å²) in [5.41, 5.74) is 1.89. The minimum atomic E-state index is -0.275. The van der Waals surface area contributed by atoms with Gasteiger partial charge in [0.05, 0.1) is 18.7 Å². The lowest BCUT2D eigenvalue weighted by Gasteiger charge is -2.36. The number of nitrogens with one attached hydrogen (secondary N) is 1. The van der Waals surface area contributed by atoms with Gasteiger partial charge in [0.1, 0.15) is 0 Å². The van der Waals surface area contributed by atoms with Gasteiger partial charge in [0, 0.05) is 50.9 Å². The molecule has 34 heavy (non-hydrogen) atoms. The molecule has 0 atom stereocenters. The van der Waals surface area contributed by atoms with Gasteiger partial charge in [0.2, 0.25) is 11.8 Å². The highest BCUT2D eigenvalue weighted by atomic mass is 35.5. The molecule has 1 N–H and O–H groups in total. The number of amides is 2. The molecule has 182 valence electrons. The number of anilines is 1. The van der Waals surface area contributed by atoms with Crippen molar-refractivity contribution in [3.8, 4) is 11.5 Å². The quantitative estimate of drug-likeness (QED) is 0.515. The molecule has 0 radical (unpaired) electrons. The number of nitrogens with zero attached hydrogens (tertiary/aromatic N) is 2. The van der Waals surface area contributed by atoms with Crippen LogP contribution in [0.4, 0.5) is 5.69 Å². The molecule has 0 aromatic heterocycles. The number of methoxy groups -OCH3 is 1. The van der Waals surface area contributed by atoms with E-state index < -0.39 is 0 Å². The average Bonchev–Trinajstić information content (AvgIpc) is 2.87. The lowest BCUT2D eigenvalue weighted by Crippen LogP contribution is -2.49. The van der Waals surface area contributed by atoms with Crippen molar-refractivity contribution in [2.45, 2.75) is 19.8 Å². The number of ether oxygens (including phenoxy) is 2. The number of hydrogen-bond acceptors (Lipinski definition) is 5. The maximum atomic E-state index is 12.5. The van der Waals surface area contributed by atoms with Gasteiger partial charge in [-0.3, -0.25) is 9.59 Å². The van der Waals surface area contributed by atoms with Crippen molar-refractivity contribution in [2.24, 2.45) is 0 Å². The lowest BCUT2D eigenvalue weighted by molar-refractivity contribution is -0.131. The maximum Gasteiger partial charge on any atom is 0.244 e. The van der Waals surface area contributed by atoms with Crippen LogP contribution in [0.1, 0.15) is 25.3 Å². The largest absolute Gasteiger partial charge is 0.493 e. The van der Waals surface area contributed by atoms with Gasteiger partial charge in [-0.15, -0.1) is 0 Å². The smallest absolute Gasteiger partial charge is 0.244 e. The van der Waals surface area contributed by atoms with Crippen LogP contribution >= 0.6 is 11.6 Å². The lowest BCUT2D eigenvalue weighted by atomic mass is 10.2. The molecule has 2 aromatic carbocycles. The molecule has 1 aliphatic heterocycles. The van der Waals surface area contributed by atoms with E-state index in [0.717, 1.165) is 19.5 Å². The van der Waals surface area contributed by atoms with E-state index in [1.54, 1.807) is 25.3 Å². The molecule has 0 saturated carbocycles. The van der Waals surface area contributed by atoms with Crippen molar-refractivity contribution in [1.29, 1.82) is 0 Å². The van der Waals surface area contributed by atoms with Crippen LogP contribution in [0.3, 0.4) is 0 Å². The first-order valence-electron chi connectivity index (χ1n) is 11.6. The zero-order valence-electron chi connectivity index (χ0n) is 19.8. The number of piperazine rings is 1. The summed E-state index contributed by atoms with van der Waals surface area (Å²) >= 11 is 6.32. The van der Waals surface area contributed by atoms with Crippen LogP contribution in [0.15, 0.2) is 48.5 Å². The first-order valence-corrected chi connectivity index (χ1v) is 11.9. The molecule has 1 saturated heterocycles. The van der Waals surface area contributed by atoms with Crippen LogP contribution in [0.5, 0.6) is 11.5 Å². The molecule has 0 spiro atoms. The Bertz CT molecular complexity index is 989.